The van der Waals surface area contributed by atoms with Crippen LogP contribution < -0.4 is 5.32 Å². The molecule has 1 aromatic carbocycles. The van der Waals surface area contributed by atoms with Crippen LogP contribution in [-0.4, -0.2) is 32.6 Å². The van der Waals surface area contributed by atoms with E-state index in [9.17, 15) is 13.2 Å². The molecule has 1 heterocycles. The molecule has 1 aromatic heterocycles. The maximum atomic E-state index is 13.5. The zero-order valence-corrected chi connectivity index (χ0v) is 17.7. The van der Waals surface area contributed by atoms with E-state index in [4.69, 9.17) is 4.74 Å². The second-order valence-electron chi connectivity index (χ2n) is 7.47. The van der Waals surface area contributed by atoms with E-state index >= 15 is 0 Å². The first-order chi connectivity index (χ1) is 13.3. The monoisotopic (exact) mass is 404 g/mol. The summed E-state index contributed by atoms with van der Waals surface area (Å²) in [6.45, 7) is 6.75. The summed E-state index contributed by atoms with van der Waals surface area (Å²) in [6, 6.07) is 6.81. The van der Waals surface area contributed by atoms with Crippen LogP contribution in [0.25, 0.3) is 0 Å². The van der Waals surface area contributed by atoms with E-state index < -0.39 is 9.84 Å². The van der Waals surface area contributed by atoms with Gasteiger partial charge in [-0.05, 0) is 57.7 Å². The maximum Gasteiger partial charge on any atom is 0.228 e. The van der Waals surface area contributed by atoms with E-state index in [0.29, 0.717) is 24.5 Å². The highest BCUT2D eigenvalue weighted by Gasteiger charge is 2.34. The van der Waals surface area contributed by atoms with Gasteiger partial charge in [0.1, 0.15) is 10.7 Å². The van der Waals surface area contributed by atoms with Crippen LogP contribution in [0.15, 0.2) is 34.1 Å². The lowest BCUT2D eigenvalue weighted by Gasteiger charge is -2.14. The van der Waals surface area contributed by atoms with Crippen LogP contribution in [-0.2, 0) is 25.9 Å². The highest BCUT2D eigenvalue weighted by Crippen LogP contribution is 2.37. The van der Waals surface area contributed by atoms with Gasteiger partial charge in [-0.1, -0.05) is 17.7 Å². The number of nitrogens with zero attached hydrogens (tertiary/aromatic N) is 1. The van der Waals surface area contributed by atoms with Crippen molar-refractivity contribution in [2.24, 2.45) is 5.92 Å². The second-order valence-corrected chi connectivity index (χ2v) is 9.35. The van der Waals surface area contributed by atoms with Gasteiger partial charge in [-0.3, -0.25) is 4.79 Å². The van der Waals surface area contributed by atoms with Gasteiger partial charge in [-0.25, -0.2) is 8.42 Å². The molecule has 1 N–H and O–H groups in total. The van der Waals surface area contributed by atoms with Gasteiger partial charge in [-0.2, -0.15) is 0 Å². The summed E-state index contributed by atoms with van der Waals surface area (Å²) in [5.41, 5.74) is 2.50. The Morgan fingerprint density at radius 2 is 1.82 bits per heavy atom. The molecule has 0 unspecified atom stereocenters. The number of rotatable bonds is 8. The Morgan fingerprint density at radius 3 is 2.39 bits per heavy atom. The molecular weight excluding hydrogens is 376 g/mol. The minimum atomic E-state index is -3.77. The number of benzene rings is 1. The van der Waals surface area contributed by atoms with Crippen molar-refractivity contribution in [3.8, 4) is 0 Å². The predicted octanol–water partition coefficient (Wildman–Crippen LogP) is 3.63. The van der Waals surface area contributed by atoms with Crippen LogP contribution in [0.2, 0.25) is 0 Å². The number of sulfone groups is 1. The molecule has 1 fully saturated rings. The van der Waals surface area contributed by atoms with Gasteiger partial charge in [0.05, 0.1) is 4.90 Å². The lowest BCUT2D eigenvalue weighted by atomic mass is 10.2. The number of ether oxygens (including phenoxy) is 1. The number of anilines is 1. The number of carbonyl (C=O) groups excluding carboxylic acids is 1. The first-order valence-corrected chi connectivity index (χ1v) is 11.1. The highest BCUT2D eigenvalue weighted by molar-refractivity contribution is 7.91. The van der Waals surface area contributed by atoms with Crippen molar-refractivity contribution in [2.45, 2.75) is 56.4 Å². The quantitative estimate of drug-likeness (QED) is 0.682. The first kappa shape index (κ1) is 20.6. The molecule has 1 aliphatic carbocycles. The van der Waals surface area contributed by atoms with Gasteiger partial charge in [0.15, 0.2) is 0 Å². The number of carbonyl (C=O) groups is 1. The average Bonchev–Trinajstić information content (AvgIpc) is 3.46. The molecule has 0 radical (unpaired) electrons. The SMILES string of the molecule is COCCCn1c(C)c(C)c(S(=O)(=O)c2ccc(C)cc2)c1NC(=O)C1CC1. The zero-order chi connectivity index (χ0) is 20.5. The smallest absolute Gasteiger partial charge is 0.228 e. The molecular formula is C21H28N2O4S. The molecule has 3 rings (SSSR count). The molecule has 0 saturated heterocycles. The lowest BCUT2D eigenvalue weighted by Crippen LogP contribution is -2.19. The van der Waals surface area contributed by atoms with Crippen molar-refractivity contribution >= 4 is 21.6 Å². The minimum Gasteiger partial charge on any atom is -0.385 e. The number of methoxy groups -OCH3 is 1. The van der Waals surface area contributed by atoms with Crippen LogP contribution in [0.3, 0.4) is 0 Å². The Hall–Kier alpha value is -2.12. The van der Waals surface area contributed by atoms with Gasteiger partial charge >= 0.3 is 0 Å². The third-order valence-corrected chi connectivity index (χ3v) is 7.22. The molecule has 1 aliphatic rings. The van der Waals surface area contributed by atoms with Crippen molar-refractivity contribution in [1.82, 2.24) is 4.57 Å². The van der Waals surface area contributed by atoms with Crippen LogP contribution in [0, 0.1) is 26.7 Å². The van der Waals surface area contributed by atoms with Gasteiger partial charge in [0.25, 0.3) is 0 Å². The Bertz CT molecular complexity index is 971. The molecule has 2 aromatic rings. The summed E-state index contributed by atoms with van der Waals surface area (Å²) in [4.78, 5) is 12.9. The topological polar surface area (TPSA) is 77.4 Å². The summed E-state index contributed by atoms with van der Waals surface area (Å²) in [5.74, 6) is 0.257. The molecule has 28 heavy (non-hydrogen) atoms. The average molecular weight is 405 g/mol. The molecule has 1 saturated carbocycles. The molecule has 0 atom stereocenters. The van der Waals surface area contributed by atoms with Crippen molar-refractivity contribution in [1.29, 1.82) is 0 Å². The van der Waals surface area contributed by atoms with Gasteiger partial charge in [-0.15, -0.1) is 0 Å². The Balaban J connectivity index is 2.11. The molecule has 1 amide bonds. The highest BCUT2D eigenvalue weighted by atomic mass is 32.2. The second kappa shape index (κ2) is 8.09. The van der Waals surface area contributed by atoms with Crippen LogP contribution in [0.4, 0.5) is 5.82 Å². The minimum absolute atomic E-state index is 0.0159. The Morgan fingerprint density at radius 1 is 1.18 bits per heavy atom. The fraction of sp³-hybridized carbons (Fsp3) is 0.476. The van der Waals surface area contributed by atoms with Gasteiger partial charge in [0, 0.05) is 31.9 Å². The Kier molecular flexibility index (Phi) is 5.95. The third-order valence-electron chi connectivity index (χ3n) is 5.29. The van der Waals surface area contributed by atoms with Crippen molar-refractivity contribution in [3.63, 3.8) is 0 Å². The number of amides is 1. The number of hydrogen-bond donors (Lipinski definition) is 1. The summed E-state index contributed by atoms with van der Waals surface area (Å²) < 4.78 is 34.0. The fourth-order valence-corrected chi connectivity index (χ4v) is 5.03. The summed E-state index contributed by atoms with van der Waals surface area (Å²) >= 11 is 0. The predicted molar refractivity (Wildman–Crippen MR) is 108 cm³/mol. The summed E-state index contributed by atoms with van der Waals surface area (Å²) in [5, 5.41) is 2.92. The molecule has 152 valence electrons. The van der Waals surface area contributed by atoms with Crippen molar-refractivity contribution in [3.05, 3.63) is 41.1 Å². The van der Waals surface area contributed by atoms with Gasteiger partial charge in [0.2, 0.25) is 15.7 Å². The van der Waals surface area contributed by atoms with E-state index in [2.05, 4.69) is 5.32 Å². The summed E-state index contributed by atoms with van der Waals surface area (Å²) in [7, 11) is -2.13. The lowest BCUT2D eigenvalue weighted by molar-refractivity contribution is -0.117. The molecule has 0 spiro atoms. The Labute approximate surface area is 166 Å². The van der Waals surface area contributed by atoms with Crippen LogP contribution >= 0.6 is 0 Å². The van der Waals surface area contributed by atoms with Gasteiger partial charge < -0.3 is 14.6 Å². The molecule has 0 aliphatic heterocycles. The van der Waals surface area contributed by atoms with E-state index in [1.165, 1.54) is 0 Å². The first-order valence-electron chi connectivity index (χ1n) is 9.58. The van der Waals surface area contributed by atoms with E-state index in [1.807, 2.05) is 18.4 Å². The number of aryl methyl sites for hydroxylation is 1. The van der Waals surface area contributed by atoms with Crippen molar-refractivity contribution < 1.29 is 17.9 Å². The van der Waals surface area contributed by atoms with Crippen LogP contribution in [0.5, 0.6) is 0 Å². The standard InChI is InChI=1S/C21H28N2O4S/c1-14-6-10-18(11-7-14)28(25,26)19-15(2)16(3)23(12-5-13-27-4)20(19)22-21(24)17-8-9-17/h6-7,10-11,17H,5,8-9,12-13H2,1-4H3,(H,22,24). The largest absolute Gasteiger partial charge is 0.385 e. The number of aromatic nitrogens is 1. The number of nitrogens with one attached hydrogen (secondary N) is 1. The maximum absolute atomic E-state index is 13.5. The van der Waals surface area contributed by atoms with Crippen LogP contribution in [0.1, 0.15) is 36.1 Å². The zero-order valence-electron chi connectivity index (χ0n) is 16.9. The molecule has 7 heteroatoms. The fourth-order valence-electron chi connectivity index (χ4n) is 3.33. The van der Waals surface area contributed by atoms with E-state index in [0.717, 1.165) is 30.5 Å². The summed E-state index contributed by atoms with van der Waals surface area (Å²) in [6.07, 6.45) is 2.43. The van der Waals surface area contributed by atoms with E-state index in [1.54, 1.807) is 38.3 Å². The normalized spacial score (nSPS) is 14.3. The molecule has 0 bridgehead atoms. The van der Waals surface area contributed by atoms with Crippen molar-refractivity contribution in [2.75, 3.05) is 19.0 Å². The number of hydrogen-bond acceptors (Lipinski definition) is 4. The molecule has 6 nitrogen and oxygen atoms in total. The third kappa shape index (κ3) is 4.00. The van der Waals surface area contributed by atoms with E-state index in [-0.39, 0.29) is 21.6 Å².